The van der Waals surface area contributed by atoms with Crippen LogP contribution in [-0.2, 0) is 0 Å². The first kappa shape index (κ1) is 7.33. The fourth-order valence-corrected chi connectivity index (χ4v) is 0.682. The van der Waals surface area contributed by atoms with E-state index in [2.05, 4.69) is 4.98 Å². The monoisotopic (exact) mass is 152 g/mol. The summed E-state index contributed by atoms with van der Waals surface area (Å²) >= 11 is 0. The van der Waals surface area contributed by atoms with Gasteiger partial charge in [0.05, 0.1) is 5.69 Å². The number of amides is 1. The predicted molar refractivity (Wildman–Crippen MR) is 41.6 cm³/mol. The highest BCUT2D eigenvalue weighted by molar-refractivity contribution is 5.96. The second-order valence-electron chi connectivity index (χ2n) is 2.04. The maximum Gasteiger partial charge on any atom is 0.269 e. The summed E-state index contributed by atoms with van der Waals surface area (Å²) in [5.41, 5.74) is 15.9. The standard InChI is InChI=1S/C6H8N4O/c7-3-1-2-4(8)10-5(3)6(9)11/h1-2H,7H2,(H2,8,10)(H2,9,11). The third-order valence-corrected chi connectivity index (χ3v) is 1.18. The number of nitrogens with zero attached hydrogens (tertiary/aromatic N) is 1. The molecule has 1 heterocycles. The maximum atomic E-state index is 10.6. The molecule has 0 aliphatic rings. The largest absolute Gasteiger partial charge is 0.397 e. The summed E-state index contributed by atoms with van der Waals surface area (Å²) in [5.74, 6) is -0.442. The zero-order valence-corrected chi connectivity index (χ0v) is 5.74. The van der Waals surface area contributed by atoms with Crippen LogP contribution in [0.25, 0.3) is 0 Å². The van der Waals surface area contributed by atoms with Crippen LogP contribution in [0.4, 0.5) is 11.5 Å². The van der Waals surface area contributed by atoms with Crippen molar-refractivity contribution in [1.29, 1.82) is 0 Å². The number of nitrogens with two attached hydrogens (primary N) is 3. The number of pyridine rings is 1. The molecule has 6 N–H and O–H groups in total. The Bertz CT molecular complexity index is 297. The van der Waals surface area contributed by atoms with Crippen LogP contribution in [0.15, 0.2) is 12.1 Å². The van der Waals surface area contributed by atoms with Gasteiger partial charge in [-0.05, 0) is 12.1 Å². The second-order valence-corrected chi connectivity index (χ2v) is 2.04. The van der Waals surface area contributed by atoms with E-state index in [0.29, 0.717) is 0 Å². The van der Waals surface area contributed by atoms with E-state index in [4.69, 9.17) is 17.2 Å². The fraction of sp³-hybridized carbons (Fsp3) is 0. The van der Waals surface area contributed by atoms with Gasteiger partial charge in [-0.3, -0.25) is 4.79 Å². The Hall–Kier alpha value is -1.78. The lowest BCUT2D eigenvalue weighted by Crippen LogP contribution is -2.16. The third-order valence-electron chi connectivity index (χ3n) is 1.18. The van der Waals surface area contributed by atoms with Crippen LogP contribution in [0.5, 0.6) is 0 Å². The number of primary amides is 1. The van der Waals surface area contributed by atoms with Crippen LogP contribution in [0.2, 0.25) is 0 Å². The lowest BCUT2D eigenvalue weighted by atomic mass is 10.3. The van der Waals surface area contributed by atoms with E-state index in [9.17, 15) is 4.79 Å². The van der Waals surface area contributed by atoms with Crippen LogP contribution in [-0.4, -0.2) is 10.9 Å². The molecule has 0 atom stereocenters. The zero-order valence-electron chi connectivity index (χ0n) is 5.74. The molecule has 0 aromatic carbocycles. The van der Waals surface area contributed by atoms with Gasteiger partial charge in [-0.2, -0.15) is 0 Å². The van der Waals surface area contributed by atoms with Crippen LogP contribution >= 0.6 is 0 Å². The van der Waals surface area contributed by atoms with E-state index in [1.54, 1.807) is 0 Å². The molecule has 5 nitrogen and oxygen atoms in total. The Kier molecular flexibility index (Phi) is 1.63. The highest BCUT2D eigenvalue weighted by Crippen LogP contribution is 2.09. The molecule has 58 valence electrons. The molecular formula is C6H8N4O. The van der Waals surface area contributed by atoms with Crippen molar-refractivity contribution >= 4 is 17.4 Å². The number of carbonyl (C=O) groups is 1. The number of aromatic nitrogens is 1. The molecule has 5 heteroatoms. The predicted octanol–water partition coefficient (Wildman–Crippen LogP) is -0.655. The summed E-state index contributed by atoms with van der Waals surface area (Å²) in [6.07, 6.45) is 0. The Labute approximate surface area is 63.2 Å². The molecular weight excluding hydrogens is 144 g/mol. The van der Waals surface area contributed by atoms with Gasteiger partial charge in [0.15, 0.2) is 5.69 Å². The van der Waals surface area contributed by atoms with Crippen molar-refractivity contribution in [3.05, 3.63) is 17.8 Å². The molecule has 0 bridgehead atoms. The van der Waals surface area contributed by atoms with E-state index in [0.717, 1.165) is 0 Å². The maximum absolute atomic E-state index is 10.6. The SMILES string of the molecule is NC(=O)c1nc(N)ccc1N. The van der Waals surface area contributed by atoms with Gasteiger partial charge in [0.25, 0.3) is 5.91 Å². The van der Waals surface area contributed by atoms with Crippen molar-refractivity contribution in [2.75, 3.05) is 11.5 Å². The van der Waals surface area contributed by atoms with Crippen molar-refractivity contribution < 1.29 is 4.79 Å². The van der Waals surface area contributed by atoms with E-state index >= 15 is 0 Å². The average Bonchev–Trinajstić information content (AvgIpc) is 1.94. The summed E-state index contributed by atoms with van der Waals surface area (Å²) < 4.78 is 0. The van der Waals surface area contributed by atoms with Gasteiger partial charge in [0, 0.05) is 0 Å². The van der Waals surface area contributed by atoms with E-state index < -0.39 is 5.91 Å². The van der Waals surface area contributed by atoms with Crippen molar-refractivity contribution in [1.82, 2.24) is 4.98 Å². The summed E-state index contributed by atoms with van der Waals surface area (Å²) in [6.45, 7) is 0. The third kappa shape index (κ3) is 1.37. The number of carbonyl (C=O) groups excluding carboxylic acids is 1. The number of hydrogen-bond acceptors (Lipinski definition) is 4. The Balaban J connectivity index is 3.23. The number of rotatable bonds is 1. The molecule has 0 aliphatic heterocycles. The van der Waals surface area contributed by atoms with Gasteiger partial charge in [-0.15, -0.1) is 0 Å². The zero-order chi connectivity index (χ0) is 8.43. The molecule has 1 rings (SSSR count). The van der Waals surface area contributed by atoms with Crippen molar-refractivity contribution in [3.63, 3.8) is 0 Å². The van der Waals surface area contributed by atoms with E-state index in [-0.39, 0.29) is 17.2 Å². The van der Waals surface area contributed by atoms with Crippen LogP contribution in [0.1, 0.15) is 10.5 Å². The minimum absolute atomic E-state index is 0.0185. The second kappa shape index (κ2) is 2.45. The molecule has 0 aliphatic carbocycles. The molecule has 0 radical (unpaired) electrons. The molecule has 11 heavy (non-hydrogen) atoms. The molecule has 0 saturated carbocycles. The van der Waals surface area contributed by atoms with Crippen molar-refractivity contribution in [2.24, 2.45) is 5.73 Å². The van der Waals surface area contributed by atoms with E-state index in [1.807, 2.05) is 0 Å². The molecule has 0 spiro atoms. The molecule has 1 amide bonds. The van der Waals surface area contributed by atoms with E-state index in [1.165, 1.54) is 12.1 Å². The normalized spacial score (nSPS) is 9.45. The number of anilines is 2. The summed E-state index contributed by atoms with van der Waals surface area (Å²) in [4.78, 5) is 14.2. The average molecular weight is 152 g/mol. The lowest BCUT2D eigenvalue weighted by Gasteiger charge is -1.99. The Morgan fingerprint density at radius 2 is 2.00 bits per heavy atom. The van der Waals surface area contributed by atoms with Gasteiger partial charge in [-0.25, -0.2) is 4.98 Å². The molecule has 1 aromatic rings. The topological polar surface area (TPSA) is 108 Å². The molecule has 1 aromatic heterocycles. The number of nitrogen functional groups attached to an aromatic ring is 2. The Morgan fingerprint density at radius 3 is 2.45 bits per heavy atom. The van der Waals surface area contributed by atoms with Crippen molar-refractivity contribution in [2.45, 2.75) is 0 Å². The quantitative estimate of drug-likeness (QED) is 0.496. The first-order valence-corrected chi connectivity index (χ1v) is 2.93. The van der Waals surface area contributed by atoms with Crippen molar-refractivity contribution in [3.8, 4) is 0 Å². The van der Waals surface area contributed by atoms with Crippen LogP contribution in [0.3, 0.4) is 0 Å². The molecule has 0 fully saturated rings. The first-order chi connectivity index (χ1) is 5.11. The summed E-state index contributed by atoms with van der Waals surface area (Å²) in [7, 11) is 0. The lowest BCUT2D eigenvalue weighted by molar-refractivity contribution is 0.0996. The smallest absolute Gasteiger partial charge is 0.269 e. The van der Waals surface area contributed by atoms with Gasteiger partial charge >= 0.3 is 0 Å². The summed E-state index contributed by atoms with van der Waals surface area (Å²) in [5, 5.41) is 0. The molecule has 0 unspecified atom stereocenters. The highest BCUT2D eigenvalue weighted by atomic mass is 16.1. The van der Waals surface area contributed by atoms with Gasteiger partial charge < -0.3 is 17.2 Å². The molecule has 0 saturated heterocycles. The van der Waals surface area contributed by atoms with Crippen LogP contribution in [0, 0.1) is 0 Å². The fourth-order valence-electron chi connectivity index (χ4n) is 0.682. The highest BCUT2D eigenvalue weighted by Gasteiger charge is 2.06. The van der Waals surface area contributed by atoms with Gasteiger partial charge in [-0.1, -0.05) is 0 Å². The summed E-state index contributed by atoms with van der Waals surface area (Å²) in [6, 6.07) is 2.99. The van der Waals surface area contributed by atoms with Crippen LogP contribution < -0.4 is 17.2 Å². The Morgan fingerprint density at radius 1 is 1.36 bits per heavy atom. The van der Waals surface area contributed by atoms with Gasteiger partial charge in [0.1, 0.15) is 5.82 Å². The first-order valence-electron chi connectivity index (χ1n) is 2.93. The number of hydrogen-bond donors (Lipinski definition) is 3. The van der Waals surface area contributed by atoms with Gasteiger partial charge in [0.2, 0.25) is 0 Å². The minimum Gasteiger partial charge on any atom is -0.397 e. The minimum atomic E-state index is -0.671.